The Labute approximate surface area is 139 Å². The summed E-state index contributed by atoms with van der Waals surface area (Å²) in [4.78, 5) is 2.45. The second kappa shape index (κ2) is 4.36. The minimum absolute atomic E-state index is 0.318. The van der Waals surface area contributed by atoms with E-state index in [-0.39, 0.29) is 0 Å². The predicted octanol–water partition coefficient (Wildman–Crippen LogP) is 2.82. The molecule has 0 saturated heterocycles. The maximum absolute atomic E-state index is 5.62. The van der Waals surface area contributed by atoms with Gasteiger partial charge in [0.1, 0.15) is 0 Å². The fourth-order valence-corrected chi connectivity index (χ4v) is 4.56. The molecule has 5 heteroatoms. The summed E-state index contributed by atoms with van der Waals surface area (Å²) in [5.74, 6) is 3.79. The maximum atomic E-state index is 5.62. The zero-order valence-corrected chi connectivity index (χ0v) is 13.4. The second-order valence-electron chi connectivity index (χ2n) is 6.95. The fourth-order valence-electron chi connectivity index (χ4n) is 4.56. The summed E-state index contributed by atoms with van der Waals surface area (Å²) in [6, 6.07) is 9.06. The molecule has 122 valence electrons. The fraction of sp³-hybridized carbons (Fsp3) is 0.368. The summed E-state index contributed by atoms with van der Waals surface area (Å²) in [7, 11) is 2.21. The van der Waals surface area contributed by atoms with Crippen molar-refractivity contribution in [3.8, 4) is 23.0 Å². The van der Waals surface area contributed by atoms with E-state index in [0.717, 1.165) is 36.0 Å². The van der Waals surface area contributed by atoms with Crippen LogP contribution in [0.2, 0.25) is 0 Å². The van der Waals surface area contributed by atoms with Gasteiger partial charge in [0.2, 0.25) is 13.6 Å². The molecule has 2 unspecified atom stereocenters. The van der Waals surface area contributed by atoms with Gasteiger partial charge < -0.3 is 18.9 Å². The molecule has 0 N–H and O–H groups in total. The third kappa shape index (κ3) is 1.58. The molecule has 2 aromatic carbocycles. The summed E-state index contributed by atoms with van der Waals surface area (Å²) in [6.45, 7) is 1.64. The number of likely N-dealkylation sites (N-methyl/N-ethyl adjacent to an activating group) is 1. The first kappa shape index (κ1) is 13.0. The smallest absolute Gasteiger partial charge is 0.231 e. The van der Waals surface area contributed by atoms with Crippen LogP contribution in [0.25, 0.3) is 0 Å². The van der Waals surface area contributed by atoms with Crippen molar-refractivity contribution >= 4 is 0 Å². The Kier molecular flexibility index (Phi) is 2.35. The normalized spacial score (nSPS) is 25.4. The molecule has 7 rings (SSSR count). The van der Waals surface area contributed by atoms with Crippen molar-refractivity contribution in [1.29, 1.82) is 0 Å². The number of nitrogens with zero attached hydrogens (tertiary/aromatic N) is 1. The molecular weight excluding hydrogens is 306 g/mol. The lowest BCUT2D eigenvalue weighted by molar-refractivity contribution is 0.173. The van der Waals surface area contributed by atoms with Gasteiger partial charge >= 0.3 is 0 Å². The van der Waals surface area contributed by atoms with Crippen LogP contribution in [0, 0.1) is 0 Å². The van der Waals surface area contributed by atoms with Gasteiger partial charge in [-0.3, -0.25) is 4.90 Å². The van der Waals surface area contributed by atoms with Crippen LogP contribution in [0.1, 0.15) is 34.2 Å². The van der Waals surface area contributed by atoms with Crippen LogP contribution in [-0.4, -0.2) is 32.1 Å². The Morgan fingerprint density at radius 2 is 1.38 bits per heavy atom. The summed E-state index contributed by atoms with van der Waals surface area (Å²) >= 11 is 0. The van der Waals surface area contributed by atoms with Gasteiger partial charge in [0, 0.05) is 18.5 Å². The second-order valence-corrected chi connectivity index (χ2v) is 6.95. The average Bonchev–Trinajstić information content (AvgIpc) is 3.17. The molecule has 5 aliphatic rings. The molecule has 0 saturated carbocycles. The summed E-state index contributed by atoms with van der Waals surface area (Å²) in [5.41, 5.74) is 5.43. The molecular formula is C19H17NO4. The monoisotopic (exact) mass is 323 g/mol. The van der Waals surface area contributed by atoms with Crippen LogP contribution in [0.15, 0.2) is 24.3 Å². The lowest BCUT2D eigenvalue weighted by Gasteiger charge is -2.36. The Bertz CT molecular complexity index is 878. The lowest BCUT2D eigenvalue weighted by Crippen LogP contribution is -2.33. The highest BCUT2D eigenvalue weighted by molar-refractivity contribution is 5.59. The van der Waals surface area contributed by atoms with Gasteiger partial charge in [0.25, 0.3) is 0 Å². The molecule has 0 amide bonds. The van der Waals surface area contributed by atoms with Crippen LogP contribution in [0.3, 0.4) is 0 Å². The van der Waals surface area contributed by atoms with Crippen molar-refractivity contribution < 1.29 is 18.9 Å². The zero-order chi connectivity index (χ0) is 15.8. The number of rotatable bonds is 0. The van der Waals surface area contributed by atoms with E-state index in [1.54, 1.807) is 0 Å². The highest BCUT2D eigenvalue weighted by Crippen LogP contribution is 2.51. The Morgan fingerprint density at radius 3 is 2.08 bits per heavy atom. The Balaban J connectivity index is 1.59. The van der Waals surface area contributed by atoms with E-state index in [2.05, 4.69) is 36.2 Å². The van der Waals surface area contributed by atoms with Crippen molar-refractivity contribution in [1.82, 2.24) is 4.90 Å². The molecule has 2 aromatic rings. The van der Waals surface area contributed by atoms with E-state index in [1.807, 2.05) is 0 Å². The molecule has 5 nitrogen and oxygen atoms in total. The van der Waals surface area contributed by atoms with E-state index in [1.165, 1.54) is 22.3 Å². The maximum Gasteiger partial charge on any atom is 0.231 e. The van der Waals surface area contributed by atoms with Gasteiger partial charge in [0.05, 0.1) is 0 Å². The number of hydrogen-bond donors (Lipinski definition) is 0. The van der Waals surface area contributed by atoms with Crippen LogP contribution in [0.5, 0.6) is 23.0 Å². The standard InChI is InChI=1S/C19H17NO4/c1-20-7-14-11-4-17-16(21-8-22-17)3-10(11)2-15(20)13-6-19-18(5-12(13)14)23-9-24-19/h3-6,14-15H,2,7-9H2,1H3. The van der Waals surface area contributed by atoms with Crippen molar-refractivity contribution in [2.24, 2.45) is 0 Å². The number of fused-ring (bicyclic) bond motifs is 3. The molecule has 24 heavy (non-hydrogen) atoms. The van der Waals surface area contributed by atoms with Crippen LogP contribution >= 0.6 is 0 Å². The summed E-state index contributed by atoms with van der Waals surface area (Å²) in [6.07, 6.45) is 0.978. The predicted molar refractivity (Wildman–Crippen MR) is 86.0 cm³/mol. The lowest BCUT2D eigenvalue weighted by atomic mass is 9.84. The van der Waals surface area contributed by atoms with E-state index in [4.69, 9.17) is 18.9 Å². The van der Waals surface area contributed by atoms with Gasteiger partial charge in [0.15, 0.2) is 23.0 Å². The SMILES string of the molecule is CN1CC2c3cc4c(cc3CC1c1cc3c(cc12)OCO3)OCO4. The Morgan fingerprint density at radius 1 is 0.792 bits per heavy atom. The Hall–Kier alpha value is -2.40. The molecule has 1 aliphatic carbocycles. The summed E-state index contributed by atoms with van der Waals surface area (Å²) < 4.78 is 22.4. The molecule has 4 aliphatic heterocycles. The van der Waals surface area contributed by atoms with Gasteiger partial charge in [-0.15, -0.1) is 0 Å². The van der Waals surface area contributed by atoms with Crippen LogP contribution in [0.4, 0.5) is 0 Å². The van der Waals surface area contributed by atoms with Gasteiger partial charge in [-0.2, -0.15) is 0 Å². The molecule has 0 fully saturated rings. The summed E-state index contributed by atoms with van der Waals surface area (Å²) in [5, 5.41) is 0. The first-order valence-electron chi connectivity index (χ1n) is 8.34. The van der Waals surface area contributed by atoms with Crippen LogP contribution < -0.4 is 18.9 Å². The topological polar surface area (TPSA) is 40.2 Å². The van der Waals surface area contributed by atoms with E-state index in [9.17, 15) is 0 Å². The molecule has 2 bridgehead atoms. The minimum Gasteiger partial charge on any atom is -0.454 e. The molecule has 4 heterocycles. The minimum atomic E-state index is 0.318. The van der Waals surface area contributed by atoms with Gasteiger partial charge in [-0.05, 0) is 60.0 Å². The van der Waals surface area contributed by atoms with E-state index < -0.39 is 0 Å². The van der Waals surface area contributed by atoms with Gasteiger partial charge in [-0.1, -0.05) is 0 Å². The quantitative estimate of drug-likeness (QED) is 0.745. The van der Waals surface area contributed by atoms with E-state index >= 15 is 0 Å². The first-order chi connectivity index (χ1) is 11.8. The largest absolute Gasteiger partial charge is 0.454 e. The van der Waals surface area contributed by atoms with Crippen molar-refractivity contribution in [3.05, 3.63) is 46.5 Å². The average molecular weight is 323 g/mol. The van der Waals surface area contributed by atoms with Crippen LogP contribution in [-0.2, 0) is 6.42 Å². The third-order valence-electron chi connectivity index (χ3n) is 5.74. The number of hydrogen-bond acceptors (Lipinski definition) is 5. The highest BCUT2D eigenvalue weighted by atomic mass is 16.7. The molecule has 0 spiro atoms. The van der Waals surface area contributed by atoms with Crippen molar-refractivity contribution in [2.45, 2.75) is 18.4 Å². The number of benzene rings is 2. The van der Waals surface area contributed by atoms with E-state index in [0.29, 0.717) is 25.5 Å². The van der Waals surface area contributed by atoms with Crippen molar-refractivity contribution in [3.63, 3.8) is 0 Å². The highest BCUT2D eigenvalue weighted by Gasteiger charge is 2.39. The molecule has 0 radical (unpaired) electrons. The third-order valence-corrected chi connectivity index (χ3v) is 5.74. The number of ether oxygens (including phenoxy) is 4. The molecule has 0 aromatic heterocycles. The van der Waals surface area contributed by atoms with Gasteiger partial charge in [-0.25, -0.2) is 0 Å². The molecule has 2 atom stereocenters. The zero-order valence-electron chi connectivity index (χ0n) is 13.4. The first-order valence-corrected chi connectivity index (χ1v) is 8.34. The van der Waals surface area contributed by atoms with Crippen molar-refractivity contribution in [2.75, 3.05) is 27.2 Å².